The van der Waals surface area contributed by atoms with Gasteiger partial charge in [-0.25, -0.2) is 8.42 Å². The third kappa shape index (κ3) is 8.66. The SMILES string of the molecule is CCCNC(=O)[C@H](Cc1ccccc1)N(Cc1ccccc1C)C(=O)CN(c1ccc(Cl)c(Cl)c1)S(=O)(=O)c1ccc(C)cc1. The van der Waals surface area contributed by atoms with Crippen molar-refractivity contribution in [2.75, 3.05) is 17.4 Å². The predicted octanol–water partition coefficient (Wildman–Crippen LogP) is 6.97. The molecule has 0 bridgehead atoms. The van der Waals surface area contributed by atoms with Crippen LogP contribution in [-0.4, -0.2) is 44.3 Å². The maximum atomic E-state index is 14.5. The fourth-order valence-electron chi connectivity index (χ4n) is 4.90. The van der Waals surface area contributed by atoms with Gasteiger partial charge in [0, 0.05) is 19.5 Å². The zero-order valence-electron chi connectivity index (χ0n) is 25.5. The number of amides is 2. The molecule has 0 heterocycles. The summed E-state index contributed by atoms with van der Waals surface area (Å²) in [6.07, 6.45) is 0.959. The van der Waals surface area contributed by atoms with Gasteiger partial charge in [0.1, 0.15) is 12.6 Å². The number of halogens is 2. The number of nitrogens with zero attached hydrogens (tertiary/aromatic N) is 2. The van der Waals surface area contributed by atoms with Crippen LogP contribution in [0.2, 0.25) is 10.0 Å². The number of rotatable bonds is 13. The van der Waals surface area contributed by atoms with E-state index in [0.717, 1.165) is 33.0 Å². The molecule has 7 nitrogen and oxygen atoms in total. The molecule has 0 fully saturated rings. The topological polar surface area (TPSA) is 86.8 Å². The van der Waals surface area contributed by atoms with E-state index in [-0.39, 0.29) is 39.5 Å². The van der Waals surface area contributed by atoms with Crippen LogP contribution < -0.4 is 9.62 Å². The highest BCUT2D eigenvalue weighted by molar-refractivity contribution is 7.92. The van der Waals surface area contributed by atoms with Gasteiger partial charge in [-0.2, -0.15) is 0 Å². The van der Waals surface area contributed by atoms with E-state index < -0.39 is 28.5 Å². The molecule has 0 aliphatic rings. The van der Waals surface area contributed by atoms with Gasteiger partial charge >= 0.3 is 0 Å². The van der Waals surface area contributed by atoms with Crippen molar-refractivity contribution in [3.63, 3.8) is 0 Å². The van der Waals surface area contributed by atoms with Crippen molar-refractivity contribution < 1.29 is 18.0 Å². The van der Waals surface area contributed by atoms with Crippen LogP contribution >= 0.6 is 23.2 Å². The predicted molar refractivity (Wildman–Crippen MR) is 181 cm³/mol. The van der Waals surface area contributed by atoms with Crippen molar-refractivity contribution in [2.45, 2.75) is 51.1 Å². The molecule has 2 amide bonds. The number of carbonyl (C=O) groups is 2. The molecule has 10 heteroatoms. The van der Waals surface area contributed by atoms with Crippen molar-refractivity contribution in [3.8, 4) is 0 Å². The number of sulfonamides is 1. The fourth-order valence-corrected chi connectivity index (χ4v) is 6.60. The summed E-state index contributed by atoms with van der Waals surface area (Å²) in [4.78, 5) is 29.8. The van der Waals surface area contributed by atoms with Crippen LogP contribution in [0.15, 0.2) is 102 Å². The number of benzene rings is 4. The third-order valence-electron chi connectivity index (χ3n) is 7.50. The van der Waals surface area contributed by atoms with E-state index in [2.05, 4.69) is 5.32 Å². The smallest absolute Gasteiger partial charge is 0.264 e. The van der Waals surface area contributed by atoms with Crippen molar-refractivity contribution in [2.24, 2.45) is 0 Å². The minimum atomic E-state index is -4.25. The summed E-state index contributed by atoms with van der Waals surface area (Å²) in [6.45, 7) is 5.71. The molecule has 0 aliphatic heterocycles. The van der Waals surface area contributed by atoms with Crippen LogP contribution in [0.4, 0.5) is 5.69 Å². The van der Waals surface area contributed by atoms with E-state index in [9.17, 15) is 18.0 Å². The second-order valence-electron chi connectivity index (χ2n) is 10.9. The van der Waals surface area contributed by atoms with Crippen molar-refractivity contribution in [3.05, 3.63) is 129 Å². The number of aryl methyl sites for hydroxylation is 2. The second kappa shape index (κ2) is 15.4. The van der Waals surface area contributed by atoms with Crippen molar-refractivity contribution in [1.29, 1.82) is 0 Å². The summed E-state index contributed by atoms with van der Waals surface area (Å²) in [6, 6.07) is 27.0. The van der Waals surface area contributed by atoms with Crippen LogP contribution in [0, 0.1) is 13.8 Å². The molecule has 0 aromatic heterocycles. The van der Waals surface area contributed by atoms with Gasteiger partial charge < -0.3 is 10.2 Å². The molecule has 1 atom stereocenters. The summed E-state index contributed by atoms with van der Waals surface area (Å²) in [5, 5.41) is 3.34. The average molecular weight is 667 g/mol. The average Bonchev–Trinajstić information content (AvgIpc) is 3.03. The number of hydrogen-bond donors (Lipinski definition) is 1. The van der Waals surface area contributed by atoms with Gasteiger partial charge in [-0.1, -0.05) is 102 Å². The zero-order chi connectivity index (χ0) is 32.6. The number of hydrogen-bond acceptors (Lipinski definition) is 4. The lowest BCUT2D eigenvalue weighted by atomic mass is 10.0. The largest absolute Gasteiger partial charge is 0.354 e. The van der Waals surface area contributed by atoms with E-state index >= 15 is 0 Å². The van der Waals surface area contributed by atoms with Gasteiger partial charge in [-0.05, 0) is 67.3 Å². The highest BCUT2D eigenvalue weighted by atomic mass is 35.5. The van der Waals surface area contributed by atoms with Crippen molar-refractivity contribution >= 4 is 50.7 Å². The molecule has 45 heavy (non-hydrogen) atoms. The maximum absolute atomic E-state index is 14.5. The normalized spacial score (nSPS) is 11.9. The summed E-state index contributed by atoms with van der Waals surface area (Å²) in [7, 11) is -4.25. The Balaban J connectivity index is 1.82. The van der Waals surface area contributed by atoms with Gasteiger partial charge in [0.15, 0.2) is 0 Å². The minimum Gasteiger partial charge on any atom is -0.354 e. The molecule has 0 radical (unpaired) electrons. The molecule has 0 saturated heterocycles. The first-order valence-corrected chi connectivity index (χ1v) is 16.9. The second-order valence-corrected chi connectivity index (χ2v) is 13.5. The fraction of sp³-hybridized carbons (Fsp3) is 0.257. The Morgan fingerprint density at radius 2 is 1.51 bits per heavy atom. The van der Waals surface area contributed by atoms with E-state index in [1.165, 1.54) is 35.2 Å². The summed E-state index contributed by atoms with van der Waals surface area (Å²) in [5.41, 5.74) is 3.71. The minimum absolute atomic E-state index is 0.0129. The Labute approximate surface area is 275 Å². The zero-order valence-corrected chi connectivity index (χ0v) is 27.9. The van der Waals surface area contributed by atoms with Crippen LogP contribution in [0.25, 0.3) is 0 Å². The first-order valence-electron chi connectivity index (χ1n) is 14.7. The Hall–Kier alpha value is -3.85. The quantitative estimate of drug-likeness (QED) is 0.167. The molecular weight excluding hydrogens is 629 g/mol. The van der Waals surface area contributed by atoms with Gasteiger partial charge in [-0.3, -0.25) is 13.9 Å². The first kappa shape index (κ1) is 34.0. The van der Waals surface area contributed by atoms with Crippen LogP contribution in [-0.2, 0) is 32.6 Å². The van der Waals surface area contributed by atoms with Gasteiger partial charge in [0.2, 0.25) is 11.8 Å². The summed E-state index contributed by atoms with van der Waals surface area (Å²) < 4.78 is 29.3. The molecule has 0 saturated carbocycles. The van der Waals surface area contributed by atoms with Crippen molar-refractivity contribution in [1.82, 2.24) is 10.2 Å². The van der Waals surface area contributed by atoms with Gasteiger partial charge in [0.25, 0.3) is 10.0 Å². The summed E-state index contributed by atoms with van der Waals surface area (Å²) in [5.74, 6) is -0.863. The number of anilines is 1. The molecule has 4 rings (SSSR count). The standard InChI is InChI=1S/C35H37Cl2N3O4S/c1-4-20-38-35(42)33(21-27-11-6-5-7-12-27)39(23-28-13-9-8-10-26(28)3)34(41)24-40(29-16-19-31(36)32(37)22-29)45(43,44)30-17-14-25(2)15-18-30/h5-19,22,33H,4,20-21,23-24H2,1-3H3,(H,38,42)/t33-/m0/s1. The Morgan fingerprint density at radius 3 is 2.16 bits per heavy atom. The van der Waals surface area contributed by atoms with E-state index in [1.54, 1.807) is 12.1 Å². The number of nitrogens with one attached hydrogen (secondary N) is 1. The lowest BCUT2D eigenvalue weighted by molar-refractivity contribution is -0.140. The molecule has 4 aromatic rings. The Kier molecular flexibility index (Phi) is 11.7. The molecule has 236 valence electrons. The molecule has 0 aliphatic carbocycles. The van der Waals surface area contributed by atoms with E-state index in [1.807, 2.05) is 75.4 Å². The molecular formula is C35H37Cl2N3O4S. The lowest BCUT2D eigenvalue weighted by Crippen LogP contribution is -2.53. The highest BCUT2D eigenvalue weighted by Crippen LogP contribution is 2.31. The third-order valence-corrected chi connectivity index (χ3v) is 10.0. The highest BCUT2D eigenvalue weighted by Gasteiger charge is 2.35. The van der Waals surface area contributed by atoms with Crippen LogP contribution in [0.1, 0.15) is 35.6 Å². The molecule has 1 N–H and O–H groups in total. The summed E-state index contributed by atoms with van der Waals surface area (Å²) >= 11 is 12.5. The first-order chi connectivity index (χ1) is 21.5. The Bertz CT molecular complexity index is 1730. The molecule has 0 spiro atoms. The van der Waals surface area contributed by atoms with Crippen LogP contribution in [0.3, 0.4) is 0 Å². The van der Waals surface area contributed by atoms with Gasteiger partial charge in [0.05, 0.1) is 20.6 Å². The molecule has 4 aromatic carbocycles. The Morgan fingerprint density at radius 1 is 0.844 bits per heavy atom. The monoisotopic (exact) mass is 665 g/mol. The maximum Gasteiger partial charge on any atom is 0.264 e. The van der Waals surface area contributed by atoms with E-state index in [4.69, 9.17) is 23.2 Å². The number of carbonyl (C=O) groups excluding carboxylic acids is 2. The molecule has 0 unspecified atom stereocenters. The van der Waals surface area contributed by atoms with Crippen LogP contribution in [0.5, 0.6) is 0 Å². The van der Waals surface area contributed by atoms with E-state index in [0.29, 0.717) is 6.54 Å². The lowest BCUT2D eigenvalue weighted by Gasteiger charge is -2.34. The van der Waals surface area contributed by atoms with Gasteiger partial charge in [-0.15, -0.1) is 0 Å².